The molecule has 23 heavy (non-hydrogen) atoms. The minimum Gasteiger partial charge on any atom is -0.493 e. The number of benzene rings is 1. The molecule has 0 aliphatic carbocycles. The van der Waals surface area contributed by atoms with Gasteiger partial charge in [0.25, 0.3) is 0 Å². The number of hydrogen-bond acceptors (Lipinski definition) is 6. The molecule has 1 aliphatic heterocycles. The molecule has 0 unspecified atom stereocenters. The van der Waals surface area contributed by atoms with Crippen molar-refractivity contribution in [2.45, 2.75) is 13.0 Å². The zero-order chi connectivity index (χ0) is 16.7. The third-order valence-corrected chi connectivity index (χ3v) is 4.27. The summed E-state index contributed by atoms with van der Waals surface area (Å²) in [5.41, 5.74) is 6.76. The first kappa shape index (κ1) is 17.8. The van der Waals surface area contributed by atoms with Crippen molar-refractivity contribution < 1.29 is 14.2 Å². The number of hydrogen-bond donors (Lipinski definition) is 1. The van der Waals surface area contributed by atoms with Gasteiger partial charge in [0, 0.05) is 32.7 Å². The van der Waals surface area contributed by atoms with Gasteiger partial charge in [0.15, 0.2) is 11.5 Å². The third-order valence-electron chi connectivity index (χ3n) is 4.27. The van der Waals surface area contributed by atoms with Crippen LogP contribution in [0.1, 0.15) is 12.0 Å². The second-order valence-corrected chi connectivity index (χ2v) is 5.79. The van der Waals surface area contributed by atoms with Crippen molar-refractivity contribution in [1.29, 1.82) is 0 Å². The van der Waals surface area contributed by atoms with Crippen molar-refractivity contribution >= 4 is 0 Å². The SMILES string of the molecule is COc1cc(CN2CCN(CCCN)CC2)cc(OC)c1OC. The zero-order valence-electron chi connectivity index (χ0n) is 14.5. The number of nitrogens with two attached hydrogens (primary N) is 1. The van der Waals surface area contributed by atoms with E-state index in [1.54, 1.807) is 21.3 Å². The van der Waals surface area contributed by atoms with Crippen molar-refractivity contribution in [1.82, 2.24) is 9.80 Å². The van der Waals surface area contributed by atoms with E-state index in [-0.39, 0.29) is 0 Å². The van der Waals surface area contributed by atoms with Crippen LogP contribution in [0, 0.1) is 0 Å². The average Bonchev–Trinajstić information content (AvgIpc) is 2.60. The van der Waals surface area contributed by atoms with E-state index in [4.69, 9.17) is 19.9 Å². The number of piperazine rings is 1. The van der Waals surface area contributed by atoms with Gasteiger partial charge in [-0.2, -0.15) is 0 Å². The van der Waals surface area contributed by atoms with Crippen LogP contribution in [0.3, 0.4) is 0 Å². The second kappa shape index (κ2) is 8.96. The Bertz CT molecular complexity index is 463. The summed E-state index contributed by atoms with van der Waals surface area (Å²) in [5.74, 6) is 2.07. The van der Waals surface area contributed by atoms with Crippen molar-refractivity contribution in [2.24, 2.45) is 5.73 Å². The second-order valence-electron chi connectivity index (χ2n) is 5.79. The third kappa shape index (κ3) is 4.73. The van der Waals surface area contributed by atoms with Crippen LogP contribution in [-0.2, 0) is 6.54 Å². The van der Waals surface area contributed by atoms with Gasteiger partial charge in [-0.25, -0.2) is 0 Å². The molecule has 0 bridgehead atoms. The van der Waals surface area contributed by atoms with Crippen molar-refractivity contribution in [3.05, 3.63) is 17.7 Å². The van der Waals surface area contributed by atoms with Crippen LogP contribution in [-0.4, -0.2) is 70.4 Å². The van der Waals surface area contributed by atoms with Crippen LogP contribution in [0.25, 0.3) is 0 Å². The molecule has 130 valence electrons. The summed E-state index contributed by atoms with van der Waals surface area (Å²) < 4.78 is 16.2. The molecule has 2 N–H and O–H groups in total. The highest BCUT2D eigenvalue weighted by Gasteiger charge is 2.19. The lowest BCUT2D eigenvalue weighted by molar-refractivity contribution is 0.126. The van der Waals surface area contributed by atoms with Gasteiger partial charge in [-0.05, 0) is 37.2 Å². The zero-order valence-corrected chi connectivity index (χ0v) is 14.5. The first-order chi connectivity index (χ1) is 11.2. The van der Waals surface area contributed by atoms with Crippen molar-refractivity contribution in [2.75, 3.05) is 60.6 Å². The smallest absolute Gasteiger partial charge is 0.203 e. The highest BCUT2D eigenvalue weighted by molar-refractivity contribution is 5.53. The molecule has 0 spiro atoms. The first-order valence-corrected chi connectivity index (χ1v) is 8.15. The normalized spacial score (nSPS) is 16.3. The average molecular weight is 323 g/mol. The van der Waals surface area contributed by atoms with E-state index in [0.29, 0.717) is 17.2 Å². The Hall–Kier alpha value is -1.50. The lowest BCUT2D eigenvalue weighted by atomic mass is 10.1. The summed E-state index contributed by atoms with van der Waals surface area (Å²) in [6.45, 7) is 7.11. The summed E-state index contributed by atoms with van der Waals surface area (Å²) in [6, 6.07) is 4.06. The molecule has 2 rings (SSSR count). The van der Waals surface area contributed by atoms with Gasteiger partial charge >= 0.3 is 0 Å². The molecular weight excluding hydrogens is 294 g/mol. The van der Waals surface area contributed by atoms with Crippen LogP contribution in [0.15, 0.2) is 12.1 Å². The van der Waals surface area contributed by atoms with Gasteiger partial charge in [0.1, 0.15) is 0 Å². The predicted octanol–water partition coefficient (Wildman–Crippen LogP) is 1.18. The van der Waals surface area contributed by atoms with Gasteiger partial charge in [0.05, 0.1) is 21.3 Å². The van der Waals surface area contributed by atoms with E-state index in [1.807, 2.05) is 12.1 Å². The molecular formula is C17H29N3O3. The highest BCUT2D eigenvalue weighted by Crippen LogP contribution is 2.38. The van der Waals surface area contributed by atoms with Gasteiger partial charge in [-0.1, -0.05) is 0 Å². The summed E-state index contributed by atoms with van der Waals surface area (Å²) >= 11 is 0. The summed E-state index contributed by atoms with van der Waals surface area (Å²) in [4.78, 5) is 4.94. The molecule has 0 amide bonds. The maximum atomic E-state index is 5.58. The molecule has 1 heterocycles. The molecule has 0 aromatic heterocycles. The minimum absolute atomic E-state index is 0.644. The minimum atomic E-state index is 0.644. The van der Waals surface area contributed by atoms with Crippen molar-refractivity contribution in [3.63, 3.8) is 0 Å². The van der Waals surface area contributed by atoms with E-state index >= 15 is 0 Å². The Morgan fingerprint density at radius 3 is 1.96 bits per heavy atom. The molecule has 1 aromatic carbocycles. The standard InChI is InChI=1S/C17H29N3O3/c1-21-15-11-14(12-16(22-2)17(15)23-3)13-20-9-7-19(8-10-20)6-4-5-18/h11-12H,4-10,13,18H2,1-3H3. The fourth-order valence-corrected chi connectivity index (χ4v) is 2.97. The molecule has 1 aromatic rings. The van der Waals surface area contributed by atoms with Crippen LogP contribution in [0.5, 0.6) is 17.2 Å². The molecule has 1 aliphatic rings. The molecule has 0 radical (unpaired) electrons. The van der Waals surface area contributed by atoms with Crippen LogP contribution < -0.4 is 19.9 Å². The molecule has 1 saturated heterocycles. The monoisotopic (exact) mass is 323 g/mol. The van der Waals surface area contributed by atoms with Gasteiger partial charge in [-0.15, -0.1) is 0 Å². The van der Waals surface area contributed by atoms with E-state index < -0.39 is 0 Å². The quantitative estimate of drug-likeness (QED) is 0.775. The van der Waals surface area contributed by atoms with Crippen LogP contribution in [0.2, 0.25) is 0 Å². The molecule has 6 nitrogen and oxygen atoms in total. The number of nitrogens with zero attached hydrogens (tertiary/aromatic N) is 2. The van der Waals surface area contributed by atoms with E-state index in [9.17, 15) is 0 Å². The van der Waals surface area contributed by atoms with Gasteiger partial charge < -0.3 is 24.8 Å². The topological polar surface area (TPSA) is 60.2 Å². The Kier molecular flexibility index (Phi) is 6.95. The first-order valence-electron chi connectivity index (χ1n) is 8.15. The number of methoxy groups -OCH3 is 3. The Morgan fingerprint density at radius 1 is 0.913 bits per heavy atom. The Labute approximate surface area is 139 Å². The molecule has 6 heteroatoms. The van der Waals surface area contributed by atoms with Gasteiger partial charge in [-0.3, -0.25) is 4.90 Å². The fourth-order valence-electron chi connectivity index (χ4n) is 2.97. The number of ether oxygens (including phenoxy) is 3. The van der Waals surface area contributed by atoms with Crippen molar-refractivity contribution in [3.8, 4) is 17.2 Å². The molecule has 1 fully saturated rings. The predicted molar refractivity (Wildman–Crippen MR) is 91.5 cm³/mol. The summed E-state index contributed by atoms with van der Waals surface area (Å²) in [7, 11) is 4.93. The lowest BCUT2D eigenvalue weighted by Gasteiger charge is -2.34. The largest absolute Gasteiger partial charge is 0.493 e. The number of rotatable bonds is 8. The maximum absolute atomic E-state index is 5.58. The van der Waals surface area contributed by atoms with E-state index in [1.165, 1.54) is 5.56 Å². The Morgan fingerprint density at radius 2 is 1.48 bits per heavy atom. The lowest BCUT2D eigenvalue weighted by Crippen LogP contribution is -2.46. The fraction of sp³-hybridized carbons (Fsp3) is 0.647. The van der Waals surface area contributed by atoms with Gasteiger partial charge in [0.2, 0.25) is 5.75 Å². The van der Waals surface area contributed by atoms with E-state index in [2.05, 4.69) is 9.80 Å². The molecule has 0 saturated carbocycles. The summed E-state index contributed by atoms with van der Waals surface area (Å²) in [5, 5.41) is 0. The van der Waals surface area contributed by atoms with E-state index in [0.717, 1.165) is 52.2 Å². The Balaban J connectivity index is 1.98. The maximum Gasteiger partial charge on any atom is 0.203 e. The summed E-state index contributed by atoms with van der Waals surface area (Å²) in [6.07, 6.45) is 1.08. The van der Waals surface area contributed by atoms with Crippen LogP contribution in [0.4, 0.5) is 0 Å². The molecule has 0 atom stereocenters. The van der Waals surface area contributed by atoms with Crippen LogP contribution >= 0.6 is 0 Å². The highest BCUT2D eigenvalue weighted by atomic mass is 16.5.